The lowest BCUT2D eigenvalue weighted by atomic mass is 10.2. The molecule has 0 aliphatic carbocycles. The molecule has 0 aliphatic rings. The van der Waals surface area contributed by atoms with Crippen LogP contribution in [0.2, 0.25) is 0 Å². The summed E-state index contributed by atoms with van der Waals surface area (Å²) in [5.41, 5.74) is 0.232. The average Bonchev–Trinajstić information content (AvgIpc) is 2.84. The van der Waals surface area contributed by atoms with E-state index in [4.69, 9.17) is 9.84 Å². The molecule has 0 unspecified atom stereocenters. The average molecular weight is 292 g/mol. The van der Waals surface area contributed by atoms with Crippen LogP contribution in [0.25, 0.3) is 0 Å². The highest BCUT2D eigenvalue weighted by molar-refractivity contribution is 7.11. The maximum absolute atomic E-state index is 10.8. The van der Waals surface area contributed by atoms with Crippen LogP contribution in [-0.2, 0) is 6.54 Å². The lowest BCUT2D eigenvalue weighted by molar-refractivity contribution is 0.0696. The summed E-state index contributed by atoms with van der Waals surface area (Å²) in [6.45, 7) is 3.92. The van der Waals surface area contributed by atoms with E-state index in [1.165, 1.54) is 10.9 Å². The zero-order valence-electron chi connectivity index (χ0n) is 11.1. The van der Waals surface area contributed by atoms with Crippen LogP contribution in [0, 0.1) is 6.92 Å². The summed E-state index contributed by atoms with van der Waals surface area (Å²) in [4.78, 5) is 16.2. The van der Waals surface area contributed by atoms with Crippen molar-refractivity contribution in [2.75, 3.05) is 13.2 Å². The fourth-order valence-electron chi connectivity index (χ4n) is 1.66. The number of nitrogens with one attached hydrogen (secondary N) is 1. The molecule has 0 atom stereocenters. The number of aromatic carboxylic acids is 1. The SMILES string of the molecule is Cc1ncc(CNCCOc2cccc(C(=O)O)c2)s1. The van der Waals surface area contributed by atoms with E-state index < -0.39 is 5.97 Å². The minimum absolute atomic E-state index is 0.232. The fraction of sp³-hybridized carbons (Fsp3) is 0.286. The Hall–Kier alpha value is -1.92. The number of benzene rings is 1. The van der Waals surface area contributed by atoms with E-state index in [0.717, 1.165) is 11.6 Å². The van der Waals surface area contributed by atoms with Crippen molar-refractivity contribution >= 4 is 17.3 Å². The summed E-state index contributed by atoms with van der Waals surface area (Å²) in [7, 11) is 0. The van der Waals surface area contributed by atoms with E-state index in [1.54, 1.807) is 29.5 Å². The number of nitrogens with zero attached hydrogens (tertiary/aromatic N) is 1. The Balaban J connectivity index is 1.70. The number of rotatable bonds is 7. The number of thiazole rings is 1. The Morgan fingerprint density at radius 1 is 1.50 bits per heavy atom. The van der Waals surface area contributed by atoms with E-state index in [2.05, 4.69) is 10.3 Å². The third-order valence-electron chi connectivity index (χ3n) is 2.60. The van der Waals surface area contributed by atoms with Gasteiger partial charge in [0.25, 0.3) is 0 Å². The fourth-order valence-corrected chi connectivity index (χ4v) is 2.42. The molecule has 106 valence electrons. The van der Waals surface area contributed by atoms with Crippen molar-refractivity contribution in [2.45, 2.75) is 13.5 Å². The van der Waals surface area contributed by atoms with Gasteiger partial charge in [-0.05, 0) is 25.1 Å². The number of ether oxygens (including phenoxy) is 1. The van der Waals surface area contributed by atoms with Crippen molar-refractivity contribution in [1.82, 2.24) is 10.3 Å². The smallest absolute Gasteiger partial charge is 0.335 e. The van der Waals surface area contributed by atoms with Crippen molar-refractivity contribution in [3.8, 4) is 5.75 Å². The number of carbonyl (C=O) groups is 1. The zero-order chi connectivity index (χ0) is 14.4. The highest BCUT2D eigenvalue weighted by atomic mass is 32.1. The van der Waals surface area contributed by atoms with Crippen LogP contribution in [0.15, 0.2) is 30.5 Å². The van der Waals surface area contributed by atoms with Gasteiger partial charge in [-0.3, -0.25) is 0 Å². The molecular weight excluding hydrogens is 276 g/mol. The monoisotopic (exact) mass is 292 g/mol. The predicted octanol–water partition coefficient (Wildman–Crippen LogP) is 2.32. The first-order valence-corrected chi connectivity index (χ1v) is 7.05. The highest BCUT2D eigenvalue weighted by Gasteiger charge is 2.03. The van der Waals surface area contributed by atoms with E-state index in [9.17, 15) is 4.79 Å². The molecule has 0 saturated heterocycles. The van der Waals surface area contributed by atoms with E-state index >= 15 is 0 Å². The molecule has 5 nitrogen and oxygen atoms in total. The van der Waals surface area contributed by atoms with Gasteiger partial charge < -0.3 is 15.2 Å². The van der Waals surface area contributed by atoms with Gasteiger partial charge >= 0.3 is 5.97 Å². The molecule has 2 N–H and O–H groups in total. The molecule has 6 heteroatoms. The second-order valence-corrected chi connectivity index (χ2v) is 5.52. The standard InChI is InChI=1S/C14H16N2O3S/c1-10-16-9-13(20-10)8-15-5-6-19-12-4-2-3-11(7-12)14(17)18/h2-4,7,9,15H,5-6,8H2,1H3,(H,17,18). The summed E-state index contributed by atoms with van der Waals surface area (Å²) in [6.07, 6.45) is 1.87. The van der Waals surface area contributed by atoms with Crippen LogP contribution in [0.3, 0.4) is 0 Å². The molecule has 0 saturated carbocycles. The first-order chi connectivity index (χ1) is 9.65. The van der Waals surface area contributed by atoms with Crippen LogP contribution in [-0.4, -0.2) is 29.2 Å². The lowest BCUT2D eigenvalue weighted by Gasteiger charge is -2.07. The van der Waals surface area contributed by atoms with Crippen molar-refractivity contribution in [3.63, 3.8) is 0 Å². The molecule has 0 fully saturated rings. The van der Waals surface area contributed by atoms with E-state index in [1.807, 2.05) is 13.1 Å². The van der Waals surface area contributed by atoms with Gasteiger partial charge in [-0.1, -0.05) is 6.07 Å². The molecule has 1 heterocycles. The Morgan fingerprint density at radius 2 is 2.35 bits per heavy atom. The predicted molar refractivity (Wildman–Crippen MR) is 77.5 cm³/mol. The topological polar surface area (TPSA) is 71.5 Å². The molecular formula is C14H16N2O3S. The summed E-state index contributed by atoms with van der Waals surface area (Å²) in [6, 6.07) is 6.49. The lowest BCUT2D eigenvalue weighted by Crippen LogP contribution is -2.20. The van der Waals surface area contributed by atoms with Crippen LogP contribution < -0.4 is 10.1 Å². The first-order valence-electron chi connectivity index (χ1n) is 6.23. The van der Waals surface area contributed by atoms with Gasteiger partial charge in [-0.15, -0.1) is 11.3 Å². The van der Waals surface area contributed by atoms with Crippen LogP contribution in [0.1, 0.15) is 20.2 Å². The molecule has 1 aromatic carbocycles. The summed E-state index contributed by atoms with van der Waals surface area (Å²) >= 11 is 1.67. The van der Waals surface area contributed by atoms with Crippen LogP contribution in [0.5, 0.6) is 5.75 Å². The zero-order valence-corrected chi connectivity index (χ0v) is 11.9. The normalized spacial score (nSPS) is 10.4. The van der Waals surface area contributed by atoms with Gasteiger partial charge in [0.05, 0.1) is 10.6 Å². The molecule has 20 heavy (non-hydrogen) atoms. The Bertz CT molecular complexity index is 583. The van der Waals surface area contributed by atoms with Gasteiger partial charge in [0.1, 0.15) is 12.4 Å². The third-order valence-corrected chi connectivity index (χ3v) is 3.51. The molecule has 0 bridgehead atoms. The minimum atomic E-state index is -0.950. The summed E-state index contributed by atoms with van der Waals surface area (Å²) in [5.74, 6) is -0.380. The van der Waals surface area contributed by atoms with Gasteiger partial charge in [0.2, 0.25) is 0 Å². The Morgan fingerprint density at radius 3 is 3.05 bits per heavy atom. The molecule has 2 rings (SSSR count). The largest absolute Gasteiger partial charge is 0.492 e. The molecule has 0 spiro atoms. The maximum atomic E-state index is 10.8. The number of aromatic nitrogens is 1. The molecule has 0 aliphatic heterocycles. The Labute approximate surface area is 121 Å². The highest BCUT2D eigenvalue weighted by Crippen LogP contribution is 2.13. The molecule has 0 amide bonds. The second-order valence-electron chi connectivity index (χ2n) is 4.20. The maximum Gasteiger partial charge on any atom is 0.335 e. The van der Waals surface area contributed by atoms with Crippen molar-refractivity contribution in [2.24, 2.45) is 0 Å². The van der Waals surface area contributed by atoms with Gasteiger partial charge in [-0.2, -0.15) is 0 Å². The quantitative estimate of drug-likeness (QED) is 0.766. The van der Waals surface area contributed by atoms with Crippen molar-refractivity contribution in [1.29, 1.82) is 0 Å². The van der Waals surface area contributed by atoms with Crippen molar-refractivity contribution in [3.05, 3.63) is 45.9 Å². The number of hydrogen-bond donors (Lipinski definition) is 2. The van der Waals surface area contributed by atoms with Crippen LogP contribution >= 0.6 is 11.3 Å². The molecule has 1 aromatic heterocycles. The number of hydrogen-bond acceptors (Lipinski definition) is 5. The summed E-state index contributed by atoms with van der Waals surface area (Å²) in [5, 5.41) is 13.2. The third kappa shape index (κ3) is 4.32. The first kappa shape index (κ1) is 14.5. The Kier molecular flexibility index (Phi) is 5.09. The van der Waals surface area contributed by atoms with Crippen molar-refractivity contribution < 1.29 is 14.6 Å². The molecule has 2 aromatic rings. The van der Waals surface area contributed by atoms with Gasteiger partial charge in [-0.25, -0.2) is 9.78 Å². The minimum Gasteiger partial charge on any atom is -0.492 e. The van der Waals surface area contributed by atoms with E-state index in [0.29, 0.717) is 18.9 Å². The number of carboxylic acid groups (broad SMARTS) is 1. The number of aryl methyl sites for hydroxylation is 1. The molecule has 0 radical (unpaired) electrons. The van der Waals surface area contributed by atoms with E-state index in [-0.39, 0.29) is 5.56 Å². The number of carboxylic acids is 1. The van der Waals surface area contributed by atoms with Crippen LogP contribution in [0.4, 0.5) is 0 Å². The van der Waals surface area contributed by atoms with Gasteiger partial charge in [0, 0.05) is 24.2 Å². The van der Waals surface area contributed by atoms with Gasteiger partial charge in [0.15, 0.2) is 0 Å². The second kappa shape index (κ2) is 7.02. The summed E-state index contributed by atoms with van der Waals surface area (Å²) < 4.78 is 5.50.